The van der Waals surface area contributed by atoms with Crippen molar-refractivity contribution in [3.63, 3.8) is 0 Å². The monoisotopic (exact) mass is 279 g/mol. The highest BCUT2D eigenvalue weighted by Gasteiger charge is 2.31. The van der Waals surface area contributed by atoms with Gasteiger partial charge in [0.25, 0.3) is 0 Å². The summed E-state index contributed by atoms with van der Waals surface area (Å²) in [4.78, 5) is 2.47. The van der Waals surface area contributed by atoms with Crippen LogP contribution < -0.4 is 0 Å². The van der Waals surface area contributed by atoms with Gasteiger partial charge in [0.15, 0.2) is 0 Å². The second-order valence-electron chi connectivity index (χ2n) is 6.07. The molecule has 3 rings (SSSR count). The van der Waals surface area contributed by atoms with Crippen molar-refractivity contribution in [1.29, 1.82) is 0 Å². The van der Waals surface area contributed by atoms with Gasteiger partial charge >= 0.3 is 0 Å². The molecule has 2 atom stereocenters. The van der Waals surface area contributed by atoms with Crippen molar-refractivity contribution >= 4 is 11.6 Å². The summed E-state index contributed by atoms with van der Waals surface area (Å²) in [7, 11) is 0. The molecule has 104 valence electrons. The summed E-state index contributed by atoms with van der Waals surface area (Å²) < 4.78 is 0. The van der Waals surface area contributed by atoms with Crippen molar-refractivity contribution in [3.8, 4) is 5.75 Å². The summed E-state index contributed by atoms with van der Waals surface area (Å²) in [5, 5.41) is 10.6. The number of phenols is 1. The lowest BCUT2D eigenvalue weighted by Gasteiger charge is -2.41. The number of fused-ring (bicyclic) bond motifs is 1. The highest BCUT2D eigenvalue weighted by Crippen LogP contribution is 2.37. The first-order valence-electron chi connectivity index (χ1n) is 7.43. The number of hydrogen-bond acceptors (Lipinski definition) is 2. The van der Waals surface area contributed by atoms with Crippen molar-refractivity contribution in [2.75, 3.05) is 13.1 Å². The quantitative estimate of drug-likeness (QED) is 0.883. The van der Waals surface area contributed by atoms with Crippen LogP contribution in [0.25, 0.3) is 0 Å². The summed E-state index contributed by atoms with van der Waals surface area (Å²) in [5.74, 6) is 2.15. The maximum atomic E-state index is 9.94. The van der Waals surface area contributed by atoms with Gasteiger partial charge in [-0.05, 0) is 43.4 Å². The van der Waals surface area contributed by atoms with Gasteiger partial charge in [0.2, 0.25) is 0 Å². The fourth-order valence-electron chi connectivity index (χ4n) is 3.75. The first-order valence-corrected chi connectivity index (χ1v) is 7.80. The number of rotatable bonds is 2. The number of benzene rings is 1. The van der Waals surface area contributed by atoms with Gasteiger partial charge in [-0.1, -0.05) is 36.9 Å². The standard InChI is InChI=1S/C16H22ClNO/c17-15-6-3-7-16(19)14(15)11-18-9-8-12-4-1-2-5-13(12)10-18/h3,6-7,12-13,19H,1-2,4-5,8-11H2. The third kappa shape index (κ3) is 2.90. The Kier molecular flexibility index (Phi) is 3.99. The molecule has 2 aliphatic rings. The Balaban J connectivity index is 1.67. The Morgan fingerprint density at radius 3 is 2.74 bits per heavy atom. The van der Waals surface area contributed by atoms with Gasteiger partial charge in [-0.25, -0.2) is 0 Å². The van der Waals surface area contributed by atoms with Gasteiger partial charge < -0.3 is 5.11 Å². The van der Waals surface area contributed by atoms with Gasteiger partial charge in [0.1, 0.15) is 5.75 Å². The number of piperidine rings is 1. The van der Waals surface area contributed by atoms with Crippen molar-refractivity contribution in [3.05, 3.63) is 28.8 Å². The molecule has 2 nitrogen and oxygen atoms in total. The molecular weight excluding hydrogens is 258 g/mol. The maximum Gasteiger partial charge on any atom is 0.121 e. The van der Waals surface area contributed by atoms with Crippen molar-refractivity contribution in [1.82, 2.24) is 4.90 Å². The highest BCUT2D eigenvalue weighted by molar-refractivity contribution is 6.31. The maximum absolute atomic E-state index is 9.94. The first kappa shape index (κ1) is 13.3. The molecule has 1 aromatic carbocycles. The van der Waals surface area contributed by atoms with Crippen LogP contribution in [0.5, 0.6) is 5.75 Å². The number of halogens is 1. The Bertz CT molecular complexity index is 428. The van der Waals surface area contributed by atoms with Gasteiger partial charge in [-0.3, -0.25) is 4.90 Å². The minimum absolute atomic E-state index is 0.332. The van der Waals surface area contributed by atoms with Gasteiger partial charge in [-0.2, -0.15) is 0 Å². The van der Waals surface area contributed by atoms with Gasteiger partial charge in [0, 0.05) is 23.7 Å². The van der Waals surface area contributed by atoms with E-state index >= 15 is 0 Å². The number of aromatic hydroxyl groups is 1. The van der Waals surface area contributed by atoms with Crippen LogP contribution in [0, 0.1) is 11.8 Å². The van der Waals surface area contributed by atoms with Crippen LogP contribution in [0.2, 0.25) is 5.02 Å². The predicted octanol–water partition coefficient (Wildman–Crippen LogP) is 4.06. The zero-order valence-corrected chi connectivity index (χ0v) is 12.1. The Morgan fingerprint density at radius 2 is 1.95 bits per heavy atom. The first-order chi connectivity index (χ1) is 9.24. The molecule has 19 heavy (non-hydrogen) atoms. The van der Waals surface area contributed by atoms with Crippen LogP contribution in [0.1, 0.15) is 37.7 Å². The molecule has 1 saturated carbocycles. The zero-order valence-electron chi connectivity index (χ0n) is 11.3. The van der Waals surface area contributed by atoms with E-state index in [4.69, 9.17) is 11.6 Å². The molecule has 0 aromatic heterocycles. The molecular formula is C16H22ClNO. The fraction of sp³-hybridized carbons (Fsp3) is 0.625. The average molecular weight is 280 g/mol. The molecule has 3 heteroatoms. The van der Waals surface area contributed by atoms with E-state index in [1.165, 1.54) is 38.6 Å². The van der Waals surface area contributed by atoms with Crippen LogP contribution in [-0.2, 0) is 6.54 Å². The lowest BCUT2D eigenvalue weighted by atomic mass is 9.75. The molecule has 2 unspecified atom stereocenters. The van der Waals surface area contributed by atoms with Crippen LogP contribution in [-0.4, -0.2) is 23.1 Å². The summed E-state index contributed by atoms with van der Waals surface area (Å²) in [6.45, 7) is 3.11. The second-order valence-corrected chi connectivity index (χ2v) is 6.47. The third-order valence-corrected chi connectivity index (χ3v) is 5.21. The summed E-state index contributed by atoms with van der Waals surface area (Å²) in [6.07, 6.45) is 6.94. The molecule has 1 saturated heterocycles. The molecule has 1 aliphatic carbocycles. The SMILES string of the molecule is Oc1cccc(Cl)c1CN1CCC2CCCCC2C1. The average Bonchev–Trinajstić information content (AvgIpc) is 2.43. The zero-order chi connectivity index (χ0) is 13.2. The molecule has 1 heterocycles. The molecule has 1 aromatic rings. The molecule has 2 fully saturated rings. The Morgan fingerprint density at radius 1 is 1.16 bits per heavy atom. The molecule has 1 aliphatic heterocycles. The van der Waals surface area contributed by atoms with E-state index in [1.54, 1.807) is 12.1 Å². The minimum atomic E-state index is 0.332. The van der Waals surface area contributed by atoms with E-state index in [0.29, 0.717) is 10.8 Å². The van der Waals surface area contributed by atoms with E-state index in [1.807, 2.05) is 6.07 Å². The highest BCUT2D eigenvalue weighted by atomic mass is 35.5. The largest absolute Gasteiger partial charge is 0.508 e. The number of hydrogen-bond donors (Lipinski definition) is 1. The lowest BCUT2D eigenvalue weighted by molar-refractivity contribution is 0.0815. The van der Waals surface area contributed by atoms with Crippen molar-refractivity contribution in [2.45, 2.75) is 38.6 Å². The van der Waals surface area contributed by atoms with E-state index < -0.39 is 0 Å². The second kappa shape index (κ2) is 5.72. The van der Waals surface area contributed by atoms with Gasteiger partial charge in [-0.15, -0.1) is 0 Å². The topological polar surface area (TPSA) is 23.5 Å². The normalized spacial score (nSPS) is 28.1. The van der Waals surface area contributed by atoms with E-state index in [9.17, 15) is 5.11 Å². The van der Waals surface area contributed by atoms with Crippen LogP contribution in [0.4, 0.5) is 0 Å². The van der Waals surface area contributed by atoms with E-state index in [-0.39, 0.29) is 0 Å². The molecule has 0 radical (unpaired) electrons. The lowest BCUT2D eigenvalue weighted by Crippen LogP contribution is -2.41. The van der Waals surface area contributed by atoms with Crippen LogP contribution >= 0.6 is 11.6 Å². The summed E-state index contributed by atoms with van der Waals surface area (Å²) in [5.41, 5.74) is 0.887. The smallest absolute Gasteiger partial charge is 0.121 e. The minimum Gasteiger partial charge on any atom is -0.508 e. The van der Waals surface area contributed by atoms with E-state index in [2.05, 4.69) is 4.90 Å². The number of likely N-dealkylation sites (tertiary alicyclic amines) is 1. The number of nitrogens with zero attached hydrogens (tertiary/aromatic N) is 1. The molecule has 0 amide bonds. The van der Waals surface area contributed by atoms with E-state index in [0.717, 1.165) is 30.5 Å². The Labute approximate surface area is 120 Å². The van der Waals surface area contributed by atoms with Crippen LogP contribution in [0.15, 0.2) is 18.2 Å². The van der Waals surface area contributed by atoms with Crippen molar-refractivity contribution < 1.29 is 5.11 Å². The summed E-state index contributed by atoms with van der Waals surface area (Å²) >= 11 is 6.20. The predicted molar refractivity (Wildman–Crippen MR) is 78.5 cm³/mol. The molecule has 0 bridgehead atoms. The third-order valence-electron chi connectivity index (χ3n) is 4.85. The summed E-state index contributed by atoms with van der Waals surface area (Å²) in [6, 6.07) is 5.40. The molecule has 0 spiro atoms. The number of phenolic OH excluding ortho intramolecular Hbond substituents is 1. The van der Waals surface area contributed by atoms with Crippen molar-refractivity contribution in [2.24, 2.45) is 11.8 Å². The van der Waals surface area contributed by atoms with Gasteiger partial charge in [0.05, 0.1) is 0 Å². The fourth-order valence-corrected chi connectivity index (χ4v) is 3.98. The molecule has 1 N–H and O–H groups in total. The Hall–Kier alpha value is -0.730. The van der Waals surface area contributed by atoms with Crippen LogP contribution in [0.3, 0.4) is 0 Å².